The van der Waals surface area contributed by atoms with E-state index in [1.54, 1.807) is 26.6 Å². The number of benzene rings is 4. The Balaban J connectivity index is 0.884. The van der Waals surface area contributed by atoms with Gasteiger partial charge in [0, 0.05) is 47.4 Å². The van der Waals surface area contributed by atoms with Gasteiger partial charge in [-0.25, -0.2) is 9.59 Å². The van der Waals surface area contributed by atoms with Crippen LogP contribution in [0.3, 0.4) is 0 Å². The molecule has 6 aromatic rings. The van der Waals surface area contributed by atoms with Gasteiger partial charge in [-0.2, -0.15) is 0 Å². The number of aromatic nitrogens is 2. The monoisotopic (exact) mass is 854 g/mol. The first-order valence-corrected chi connectivity index (χ1v) is 22.5. The van der Waals surface area contributed by atoms with Crippen LogP contribution in [0.5, 0.6) is 11.5 Å². The molecule has 0 aliphatic carbocycles. The highest BCUT2D eigenvalue weighted by atomic mass is 16.5. The molecule has 10 heteroatoms. The Bertz CT molecular complexity index is 2530. The molecule has 64 heavy (non-hydrogen) atoms. The maximum atomic E-state index is 14.1. The average Bonchev–Trinajstić information content (AvgIpc) is 3.36. The molecular formula is C54H54N4O6. The van der Waals surface area contributed by atoms with Gasteiger partial charge in [0.2, 0.25) is 0 Å². The Morgan fingerprint density at radius 2 is 1.03 bits per heavy atom. The fraction of sp³-hybridized carbons (Fsp3) is 0.333. The quantitative estimate of drug-likeness (QED) is 0.0824. The van der Waals surface area contributed by atoms with Crippen LogP contribution in [0.1, 0.15) is 69.7 Å². The van der Waals surface area contributed by atoms with Gasteiger partial charge in [-0.05, 0) is 146 Å². The normalized spacial score (nSPS) is 25.6. The number of carbonyl (C=O) groups excluding carboxylic acids is 2. The van der Waals surface area contributed by atoms with Crippen molar-refractivity contribution in [1.82, 2.24) is 19.8 Å². The first-order valence-electron chi connectivity index (χ1n) is 22.5. The lowest BCUT2D eigenvalue weighted by molar-refractivity contribution is -0.0569. The van der Waals surface area contributed by atoms with E-state index in [-0.39, 0.29) is 24.0 Å². The summed E-state index contributed by atoms with van der Waals surface area (Å²) >= 11 is 0. The van der Waals surface area contributed by atoms with Crippen molar-refractivity contribution >= 4 is 33.7 Å². The van der Waals surface area contributed by atoms with Crippen molar-refractivity contribution in [2.45, 2.75) is 50.0 Å². The molecular weight excluding hydrogens is 801 g/mol. The Morgan fingerprint density at radius 1 is 0.609 bits per heavy atom. The highest BCUT2D eigenvalue weighted by molar-refractivity contribution is 5.92. The van der Waals surface area contributed by atoms with E-state index < -0.39 is 12.2 Å². The summed E-state index contributed by atoms with van der Waals surface area (Å²) in [6.07, 6.45) is 10.8. The molecule has 10 atom stereocenters. The molecule has 0 saturated carbocycles. The van der Waals surface area contributed by atoms with E-state index in [1.807, 2.05) is 97.1 Å². The van der Waals surface area contributed by atoms with Crippen LogP contribution in [0.25, 0.3) is 32.9 Å². The van der Waals surface area contributed by atoms with Crippen molar-refractivity contribution in [3.8, 4) is 22.6 Å². The van der Waals surface area contributed by atoms with E-state index in [9.17, 15) is 9.59 Å². The van der Waals surface area contributed by atoms with Crippen molar-refractivity contribution < 1.29 is 28.5 Å². The number of piperidine rings is 6. The number of rotatable bonds is 13. The second-order valence-corrected chi connectivity index (χ2v) is 17.9. The lowest BCUT2D eigenvalue weighted by atomic mass is 9.73. The van der Waals surface area contributed by atoms with Gasteiger partial charge >= 0.3 is 11.9 Å². The summed E-state index contributed by atoms with van der Waals surface area (Å²) in [5, 5.41) is 1.82. The first kappa shape index (κ1) is 41.6. The van der Waals surface area contributed by atoms with Gasteiger partial charge in [-0.1, -0.05) is 36.4 Å². The number of pyridine rings is 2. The summed E-state index contributed by atoms with van der Waals surface area (Å²) in [5.74, 6) is 2.52. The second-order valence-electron chi connectivity index (χ2n) is 17.9. The van der Waals surface area contributed by atoms with Gasteiger partial charge in [0.1, 0.15) is 23.7 Å². The van der Waals surface area contributed by atoms with Crippen LogP contribution in [0, 0.1) is 23.7 Å². The predicted octanol–water partition coefficient (Wildman–Crippen LogP) is 10.1. The number of esters is 2. The van der Waals surface area contributed by atoms with Crippen LogP contribution in [-0.4, -0.2) is 84.2 Å². The highest BCUT2D eigenvalue weighted by Gasteiger charge is 2.46. The molecule has 0 radical (unpaired) electrons. The van der Waals surface area contributed by atoms with Gasteiger partial charge < -0.3 is 18.9 Å². The third-order valence-corrected chi connectivity index (χ3v) is 14.6. The van der Waals surface area contributed by atoms with Gasteiger partial charge in [-0.15, -0.1) is 13.2 Å². The van der Waals surface area contributed by atoms with Crippen molar-refractivity contribution in [3.05, 3.63) is 157 Å². The van der Waals surface area contributed by atoms with E-state index in [2.05, 4.69) is 45.1 Å². The van der Waals surface area contributed by atoms with Crippen LogP contribution >= 0.6 is 0 Å². The van der Waals surface area contributed by atoms with Crippen LogP contribution < -0.4 is 9.47 Å². The molecule has 8 heterocycles. The van der Waals surface area contributed by atoms with E-state index in [0.29, 0.717) is 34.8 Å². The summed E-state index contributed by atoms with van der Waals surface area (Å²) in [6.45, 7) is 12.0. The van der Waals surface area contributed by atoms with Crippen LogP contribution in [-0.2, 0) is 9.47 Å². The largest absolute Gasteiger partial charge is 0.497 e. The lowest BCUT2D eigenvalue weighted by Crippen LogP contribution is -2.55. The van der Waals surface area contributed by atoms with Gasteiger partial charge in [-0.3, -0.25) is 19.8 Å². The Morgan fingerprint density at radius 3 is 1.39 bits per heavy atom. The molecule has 4 aromatic carbocycles. The van der Waals surface area contributed by atoms with Gasteiger partial charge in [0.25, 0.3) is 0 Å². The average molecular weight is 855 g/mol. The van der Waals surface area contributed by atoms with Crippen molar-refractivity contribution in [2.24, 2.45) is 23.7 Å². The fourth-order valence-electron chi connectivity index (χ4n) is 11.1. The zero-order chi connectivity index (χ0) is 43.9. The lowest BCUT2D eigenvalue weighted by Gasteiger charge is -2.51. The van der Waals surface area contributed by atoms with Gasteiger partial charge in [0.05, 0.1) is 48.5 Å². The van der Waals surface area contributed by atoms with E-state index in [0.717, 1.165) is 107 Å². The smallest absolute Gasteiger partial charge is 0.338 e. The molecule has 0 spiro atoms. The standard InChI is InChI=1S/C54H54N4O6/c1-5-33-31-57-25-21-39(33)27-49(57)51(43-19-23-55-47-17-15-41(61-3)29-45(43)47)63-53(59)37-11-7-35(8-12-37)36-9-13-38(14-10-36)54(60)64-52(50-28-40-22-26-58(50)32-34(40)6-2)44-20-24-56-48-18-16-42(62-4)30-46(44)48/h5-20,23-24,29-30,33-34,39-40,49-52H,1-2,21-22,25-28,31-32H2,3-4H3/t33-,34-,39-,40-,49-,50-,51+,52+/m0/s1. The molecule has 326 valence electrons. The van der Waals surface area contributed by atoms with E-state index >= 15 is 0 Å². The summed E-state index contributed by atoms with van der Waals surface area (Å²) in [4.78, 5) is 42.5. The SMILES string of the molecule is C=C[C@H]1CN2CC[C@H]1C[C@H]2[C@H](OC(=O)c1ccc(-c2ccc(C(=O)O[C@H](c3ccnc4ccc(OC)cc34)[C@@H]3C[C@@H]4CCN3C[C@@H]4C=C)cc2)cc1)c1ccnc2ccc(OC)cc12. The Labute approximate surface area is 374 Å². The number of fused-ring (bicyclic) bond motifs is 8. The third kappa shape index (κ3) is 7.83. The molecule has 2 aromatic heterocycles. The van der Waals surface area contributed by atoms with Crippen LogP contribution in [0.4, 0.5) is 0 Å². The summed E-state index contributed by atoms with van der Waals surface area (Å²) in [5.41, 5.74) is 6.22. The number of nitrogens with zero attached hydrogens (tertiary/aromatic N) is 4. The molecule has 10 nitrogen and oxygen atoms in total. The van der Waals surface area contributed by atoms with Crippen molar-refractivity contribution in [1.29, 1.82) is 0 Å². The first-order chi connectivity index (χ1) is 31.3. The number of hydrogen-bond donors (Lipinski definition) is 0. The number of methoxy groups -OCH3 is 2. The predicted molar refractivity (Wildman–Crippen MR) is 248 cm³/mol. The second kappa shape index (κ2) is 17.7. The van der Waals surface area contributed by atoms with Crippen molar-refractivity contribution in [3.63, 3.8) is 0 Å². The molecule has 0 amide bonds. The fourth-order valence-corrected chi connectivity index (χ4v) is 11.1. The zero-order valence-electron chi connectivity index (χ0n) is 36.5. The molecule has 0 N–H and O–H groups in total. The molecule has 6 saturated heterocycles. The maximum absolute atomic E-state index is 14.1. The molecule has 6 fully saturated rings. The topological polar surface area (TPSA) is 103 Å². The number of carbonyl (C=O) groups is 2. The minimum Gasteiger partial charge on any atom is -0.497 e. The molecule has 2 unspecified atom stereocenters. The highest BCUT2D eigenvalue weighted by Crippen LogP contribution is 2.46. The Hall–Kier alpha value is -6.36. The third-order valence-electron chi connectivity index (χ3n) is 14.6. The van der Waals surface area contributed by atoms with Gasteiger partial charge in [0.15, 0.2) is 0 Å². The number of ether oxygens (including phenoxy) is 4. The summed E-state index contributed by atoms with van der Waals surface area (Å²) < 4.78 is 24.4. The van der Waals surface area contributed by atoms with Crippen LogP contribution in [0.2, 0.25) is 0 Å². The Kier molecular flexibility index (Phi) is 11.5. The minimum atomic E-state index is -0.514. The van der Waals surface area contributed by atoms with E-state index in [4.69, 9.17) is 18.9 Å². The summed E-state index contributed by atoms with van der Waals surface area (Å²) in [7, 11) is 3.30. The number of hydrogen-bond acceptors (Lipinski definition) is 10. The molecule has 12 rings (SSSR count). The van der Waals surface area contributed by atoms with Crippen molar-refractivity contribution in [2.75, 3.05) is 40.4 Å². The molecule has 6 aliphatic heterocycles. The van der Waals surface area contributed by atoms with Crippen LogP contribution in [0.15, 0.2) is 135 Å². The summed E-state index contributed by atoms with van der Waals surface area (Å²) in [6, 6.07) is 30.6. The van der Waals surface area contributed by atoms with E-state index in [1.165, 1.54) is 0 Å². The molecule has 4 bridgehead atoms. The maximum Gasteiger partial charge on any atom is 0.338 e. The minimum absolute atomic E-state index is 0.0166. The molecule has 6 aliphatic rings. The zero-order valence-corrected chi connectivity index (χ0v) is 36.5.